The van der Waals surface area contributed by atoms with Crippen LogP contribution in [0.25, 0.3) is 10.1 Å². The molecule has 4 rings (SSSR count). The molecule has 22 heavy (non-hydrogen) atoms. The van der Waals surface area contributed by atoms with Crippen molar-refractivity contribution >= 4 is 21.4 Å². The number of benzene rings is 1. The van der Waals surface area contributed by atoms with Crippen LogP contribution in [0, 0.1) is 17.8 Å². The summed E-state index contributed by atoms with van der Waals surface area (Å²) in [6.07, 6.45) is 10.5. The molecule has 1 N–H and O–H groups in total. The third kappa shape index (κ3) is 3.38. The van der Waals surface area contributed by atoms with E-state index in [0.717, 1.165) is 24.3 Å². The molecule has 2 heteroatoms. The zero-order valence-corrected chi connectivity index (χ0v) is 14.2. The molecule has 0 radical (unpaired) electrons. The van der Waals surface area contributed by atoms with E-state index < -0.39 is 0 Å². The molecule has 1 aromatic carbocycles. The van der Waals surface area contributed by atoms with E-state index in [1.165, 1.54) is 60.7 Å². The molecule has 2 atom stereocenters. The van der Waals surface area contributed by atoms with Crippen molar-refractivity contribution in [1.29, 1.82) is 0 Å². The highest BCUT2D eigenvalue weighted by Gasteiger charge is 2.31. The van der Waals surface area contributed by atoms with E-state index in [2.05, 4.69) is 35.0 Å². The van der Waals surface area contributed by atoms with E-state index in [1.807, 2.05) is 11.3 Å². The summed E-state index contributed by atoms with van der Waals surface area (Å²) in [5, 5.41) is 7.25. The Labute approximate surface area is 138 Å². The van der Waals surface area contributed by atoms with Crippen LogP contribution in [0.4, 0.5) is 0 Å². The Kier molecular flexibility index (Phi) is 4.49. The predicted molar refractivity (Wildman–Crippen MR) is 96.3 cm³/mol. The van der Waals surface area contributed by atoms with Gasteiger partial charge in [-0.25, -0.2) is 0 Å². The van der Waals surface area contributed by atoms with Crippen LogP contribution in [0.15, 0.2) is 29.6 Å². The molecule has 2 aliphatic rings. The third-order valence-corrected chi connectivity index (χ3v) is 6.70. The molecule has 2 aliphatic carbocycles. The Morgan fingerprint density at radius 3 is 2.77 bits per heavy atom. The highest BCUT2D eigenvalue weighted by atomic mass is 32.1. The highest BCUT2D eigenvalue weighted by molar-refractivity contribution is 7.17. The first-order valence-electron chi connectivity index (χ1n) is 9.03. The van der Waals surface area contributed by atoms with E-state index >= 15 is 0 Å². The van der Waals surface area contributed by atoms with Gasteiger partial charge in [0.05, 0.1) is 0 Å². The lowest BCUT2D eigenvalue weighted by atomic mass is 9.67. The van der Waals surface area contributed by atoms with Gasteiger partial charge in [0.25, 0.3) is 0 Å². The van der Waals surface area contributed by atoms with Crippen molar-refractivity contribution in [2.24, 2.45) is 17.8 Å². The second-order valence-electron chi connectivity index (χ2n) is 7.49. The minimum absolute atomic E-state index is 0.996. The molecule has 0 aliphatic heterocycles. The molecule has 1 nitrogen and oxygen atoms in total. The first-order chi connectivity index (χ1) is 10.9. The average molecular weight is 314 g/mol. The minimum Gasteiger partial charge on any atom is -0.313 e. The summed E-state index contributed by atoms with van der Waals surface area (Å²) in [7, 11) is 0. The standard InChI is InChI=1S/C20H27NS/c1-2-15-10-16(3-1)12-17(11-15)6-8-21-14-18-4-5-20-19(13-18)7-9-22-20/h4-5,7,9,13,15-17,21H,1-3,6,8,10-12,14H2. The fourth-order valence-corrected chi connectivity index (χ4v) is 5.54. The van der Waals surface area contributed by atoms with Gasteiger partial charge in [-0.1, -0.05) is 25.3 Å². The summed E-state index contributed by atoms with van der Waals surface area (Å²) in [5.41, 5.74) is 1.42. The van der Waals surface area contributed by atoms with Crippen molar-refractivity contribution in [2.45, 2.75) is 51.5 Å². The highest BCUT2D eigenvalue weighted by Crippen LogP contribution is 2.43. The molecule has 1 aromatic heterocycles. The van der Waals surface area contributed by atoms with Crippen LogP contribution in [0.5, 0.6) is 0 Å². The van der Waals surface area contributed by atoms with Gasteiger partial charge in [0, 0.05) is 11.2 Å². The monoisotopic (exact) mass is 313 g/mol. The van der Waals surface area contributed by atoms with Gasteiger partial charge in [-0.15, -0.1) is 11.3 Å². The maximum absolute atomic E-state index is 3.67. The fourth-order valence-electron chi connectivity index (χ4n) is 4.77. The van der Waals surface area contributed by atoms with Crippen LogP contribution in [-0.2, 0) is 6.54 Å². The van der Waals surface area contributed by atoms with Crippen molar-refractivity contribution in [3.05, 3.63) is 35.2 Å². The topological polar surface area (TPSA) is 12.0 Å². The Hall–Kier alpha value is -0.860. The van der Waals surface area contributed by atoms with Crippen LogP contribution in [0.1, 0.15) is 50.5 Å². The van der Waals surface area contributed by atoms with Crippen LogP contribution in [-0.4, -0.2) is 6.54 Å². The normalized spacial score (nSPS) is 28.1. The Morgan fingerprint density at radius 2 is 1.91 bits per heavy atom. The van der Waals surface area contributed by atoms with Crippen LogP contribution in [0.3, 0.4) is 0 Å². The lowest BCUT2D eigenvalue weighted by Gasteiger charge is -2.39. The van der Waals surface area contributed by atoms with Gasteiger partial charge in [0.15, 0.2) is 0 Å². The number of nitrogens with one attached hydrogen (secondary N) is 1. The van der Waals surface area contributed by atoms with Gasteiger partial charge in [0.1, 0.15) is 0 Å². The summed E-state index contributed by atoms with van der Waals surface area (Å²) in [4.78, 5) is 0. The molecule has 0 spiro atoms. The van der Waals surface area contributed by atoms with Gasteiger partial charge >= 0.3 is 0 Å². The van der Waals surface area contributed by atoms with Crippen LogP contribution in [0.2, 0.25) is 0 Å². The summed E-state index contributed by atoms with van der Waals surface area (Å²) in [6.45, 7) is 2.21. The maximum Gasteiger partial charge on any atom is 0.0342 e. The van der Waals surface area contributed by atoms with Crippen molar-refractivity contribution in [3.8, 4) is 0 Å². The second-order valence-corrected chi connectivity index (χ2v) is 8.44. The average Bonchev–Trinajstić information content (AvgIpc) is 2.99. The van der Waals surface area contributed by atoms with E-state index in [0.29, 0.717) is 0 Å². The van der Waals surface area contributed by atoms with Gasteiger partial charge in [-0.2, -0.15) is 0 Å². The van der Waals surface area contributed by atoms with Crippen molar-refractivity contribution < 1.29 is 0 Å². The first-order valence-corrected chi connectivity index (χ1v) is 9.91. The fraction of sp³-hybridized carbons (Fsp3) is 0.600. The molecule has 2 fully saturated rings. The van der Waals surface area contributed by atoms with Gasteiger partial charge in [-0.05, 0) is 84.5 Å². The van der Waals surface area contributed by atoms with E-state index in [1.54, 1.807) is 6.42 Å². The van der Waals surface area contributed by atoms with E-state index in [9.17, 15) is 0 Å². The second kappa shape index (κ2) is 6.72. The number of fused-ring (bicyclic) bond motifs is 3. The Balaban J connectivity index is 1.23. The predicted octanol–water partition coefficient (Wildman–Crippen LogP) is 5.60. The van der Waals surface area contributed by atoms with Crippen molar-refractivity contribution in [1.82, 2.24) is 5.32 Å². The minimum atomic E-state index is 0.996. The summed E-state index contributed by atoms with van der Waals surface area (Å²) < 4.78 is 1.40. The molecular formula is C20H27NS. The summed E-state index contributed by atoms with van der Waals surface area (Å²) in [5.74, 6) is 3.13. The van der Waals surface area contributed by atoms with Gasteiger partial charge in [-0.3, -0.25) is 0 Å². The number of thiophene rings is 1. The van der Waals surface area contributed by atoms with E-state index in [-0.39, 0.29) is 0 Å². The number of hydrogen-bond donors (Lipinski definition) is 1. The molecular weight excluding hydrogens is 286 g/mol. The number of rotatable bonds is 5. The van der Waals surface area contributed by atoms with Crippen LogP contribution < -0.4 is 5.32 Å². The zero-order chi connectivity index (χ0) is 14.8. The molecule has 1 heterocycles. The van der Waals surface area contributed by atoms with Crippen molar-refractivity contribution in [2.75, 3.05) is 6.54 Å². The maximum atomic E-state index is 3.67. The Morgan fingerprint density at radius 1 is 1.05 bits per heavy atom. The molecule has 0 saturated heterocycles. The van der Waals surface area contributed by atoms with E-state index in [4.69, 9.17) is 0 Å². The largest absolute Gasteiger partial charge is 0.313 e. The first kappa shape index (κ1) is 14.7. The third-order valence-electron chi connectivity index (χ3n) is 5.80. The number of hydrogen-bond acceptors (Lipinski definition) is 2. The lowest BCUT2D eigenvalue weighted by Crippen LogP contribution is -2.28. The van der Waals surface area contributed by atoms with Gasteiger partial charge < -0.3 is 5.32 Å². The zero-order valence-electron chi connectivity index (χ0n) is 13.4. The SMILES string of the molecule is c1cc2cc(CNCCC3CC4CCCC(C4)C3)ccc2s1. The van der Waals surface area contributed by atoms with Crippen LogP contribution >= 0.6 is 11.3 Å². The summed E-state index contributed by atoms with van der Waals surface area (Å²) >= 11 is 1.83. The molecule has 0 amide bonds. The lowest BCUT2D eigenvalue weighted by molar-refractivity contribution is 0.132. The van der Waals surface area contributed by atoms with Crippen molar-refractivity contribution in [3.63, 3.8) is 0 Å². The molecule has 2 bridgehead atoms. The molecule has 2 unspecified atom stereocenters. The quantitative estimate of drug-likeness (QED) is 0.709. The molecule has 2 saturated carbocycles. The molecule has 118 valence electrons. The summed E-state index contributed by atoms with van der Waals surface area (Å²) in [6, 6.07) is 9.10. The smallest absolute Gasteiger partial charge is 0.0342 e. The Bertz CT molecular complexity index is 605. The molecule has 2 aromatic rings. The van der Waals surface area contributed by atoms with Gasteiger partial charge in [0.2, 0.25) is 0 Å².